The van der Waals surface area contributed by atoms with Gasteiger partial charge in [0, 0.05) is 21.1 Å². The van der Waals surface area contributed by atoms with Gasteiger partial charge in [-0.15, -0.1) is 0 Å². The van der Waals surface area contributed by atoms with E-state index in [1.165, 1.54) is 14.1 Å². The first kappa shape index (κ1) is 22.1. The summed E-state index contributed by atoms with van der Waals surface area (Å²) in [5.41, 5.74) is 10.0. The van der Waals surface area contributed by atoms with E-state index in [2.05, 4.69) is 0 Å². The maximum atomic E-state index is 12.4. The lowest BCUT2D eigenvalue weighted by molar-refractivity contribution is -0.139. The Bertz CT molecular complexity index is 550. The molecule has 25 heavy (non-hydrogen) atoms. The molecule has 0 rings (SSSR count). The van der Waals surface area contributed by atoms with Crippen LogP contribution in [0.4, 0.5) is 14.4 Å². The van der Waals surface area contributed by atoms with Crippen molar-refractivity contribution in [3.8, 4) is 0 Å². The predicted octanol–water partition coefficient (Wildman–Crippen LogP) is -0.883. The summed E-state index contributed by atoms with van der Waals surface area (Å²) < 4.78 is 0. The van der Waals surface area contributed by atoms with Crippen LogP contribution in [0.5, 0.6) is 0 Å². The van der Waals surface area contributed by atoms with Crippen LogP contribution < -0.4 is 16.8 Å². The fraction of sp³-hybridized carbons (Fsp3) is 0.643. The van der Waals surface area contributed by atoms with Gasteiger partial charge in [0.1, 0.15) is 12.6 Å². The van der Waals surface area contributed by atoms with E-state index in [4.69, 9.17) is 11.5 Å². The largest absolute Gasteiger partial charge is 0.351 e. The quantitative estimate of drug-likeness (QED) is 0.561. The lowest BCUT2D eigenvalue weighted by atomic mass is 10.0. The Labute approximate surface area is 146 Å². The highest BCUT2D eigenvalue weighted by atomic mass is 16.2. The molecule has 0 radical (unpaired) electrons. The molecular formula is C14H26N6O5. The van der Waals surface area contributed by atoms with Gasteiger partial charge in [0.05, 0.1) is 0 Å². The number of hydrogen-bond donors (Lipinski definition) is 3. The minimum Gasteiger partial charge on any atom is -0.351 e. The third kappa shape index (κ3) is 7.06. The predicted molar refractivity (Wildman–Crippen MR) is 89.1 cm³/mol. The first-order chi connectivity index (χ1) is 11.4. The number of nitrogens with two attached hydrogens (primary N) is 2. The molecule has 0 aliphatic heterocycles. The van der Waals surface area contributed by atoms with Crippen LogP contribution in [-0.2, 0) is 9.59 Å². The summed E-state index contributed by atoms with van der Waals surface area (Å²) in [6.07, 6.45) is 0.266. The average molecular weight is 358 g/mol. The van der Waals surface area contributed by atoms with Gasteiger partial charge in [-0.25, -0.2) is 19.3 Å². The molecule has 0 unspecified atom stereocenters. The number of carbonyl (C=O) groups excluding carboxylic acids is 5. The highest BCUT2D eigenvalue weighted by molar-refractivity contribution is 6.03. The number of imide groups is 2. The van der Waals surface area contributed by atoms with E-state index in [0.717, 1.165) is 16.8 Å². The minimum absolute atomic E-state index is 0.0313. The lowest BCUT2D eigenvalue weighted by Gasteiger charge is -2.30. The zero-order chi connectivity index (χ0) is 19.9. The Morgan fingerprint density at radius 2 is 1.48 bits per heavy atom. The molecule has 8 amide bonds. The Balaban J connectivity index is 5.18. The van der Waals surface area contributed by atoms with Crippen LogP contribution in [0, 0.1) is 5.92 Å². The van der Waals surface area contributed by atoms with Crippen LogP contribution in [-0.4, -0.2) is 78.3 Å². The summed E-state index contributed by atoms with van der Waals surface area (Å²) >= 11 is 0. The second kappa shape index (κ2) is 9.45. The summed E-state index contributed by atoms with van der Waals surface area (Å²) in [6, 6.07) is -3.79. The molecule has 0 bridgehead atoms. The number of nitrogens with one attached hydrogen (secondary N) is 1. The zero-order valence-electron chi connectivity index (χ0n) is 15.1. The van der Waals surface area contributed by atoms with Gasteiger partial charge in [0.2, 0.25) is 5.91 Å². The summed E-state index contributed by atoms with van der Waals surface area (Å²) in [5.74, 6) is -1.26. The molecule has 0 aromatic heterocycles. The van der Waals surface area contributed by atoms with Crippen LogP contribution in [0.25, 0.3) is 0 Å². The van der Waals surface area contributed by atoms with Gasteiger partial charge >= 0.3 is 18.1 Å². The van der Waals surface area contributed by atoms with E-state index in [9.17, 15) is 24.0 Å². The molecule has 142 valence electrons. The van der Waals surface area contributed by atoms with Gasteiger partial charge in [0.25, 0.3) is 5.91 Å². The van der Waals surface area contributed by atoms with Gasteiger partial charge in [-0.2, -0.15) is 0 Å². The number of nitrogens with zero attached hydrogens (tertiary/aromatic N) is 3. The molecule has 0 aliphatic carbocycles. The number of likely N-dealkylation sites (N-methyl/N-ethyl adjacent to an activating group) is 2. The van der Waals surface area contributed by atoms with Crippen molar-refractivity contribution in [3.63, 3.8) is 0 Å². The van der Waals surface area contributed by atoms with Crippen LogP contribution in [0.2, 0.25) is 0 Å². The van der Waals surface area contributed by atoms with Crippen molar-refractivity contribution in [1.29, 1.82) is 0 Å². The number of primary amides is 2. The first-order valence-corrected chi connectivity index (χ1v) is 7.52. The van der Waals surface area contributed by atoms with Gasteiger partial charge < -0.3 is 21.3 Å². The maximum absolute atomic E-state index is 12.4. The molecule has 11 nitrogen and oxygen atoms in total. The van der Waals surface area contributed by atoms with Gasteiger partial charge in [-0.3, -0.25) is 14.9 Å². The van der Waals surface area contributed by atoms with Gasteiger partial charge in [0.15, 0.2) is 0 Å². The molecule has 0 aromatic rings. The summed E-state index contributed by atoms with van der Waals surface area (Å²) in [7, 11) is 3.84. The first-order valence-electron chi connectivity index (χ1n) is 7.52. The lowest BCUT2D eigenvalue weighted by Crippen LogP contribution is -2.55. The topological polar surface area (TPSA) is 159 Å². The second-order valence-electron chi connectivity index (χ2n) is 6.04. The summed E-state index contributed by atoms with van der Waals surface area (Å²) in [5, 5.41) is 2.03. The van der Waals surface area contributed by atoms with E-state index >= 15 is 0 Å². The monoisotopic (exact) mass is 358 g/mol. The molecule has 11 heteroatoms. The molecule has 0 spiro atoms. The maximum Gasteiger partial charge on any atom is 0.331 e. The second-order valence-corrected chi connectivity index (χ2v) is 6.04. The van der Waals surface area contributed by atoms with Crippen molar-refractivity contribution in [1.82, 2.24) is 20.0 Å². The fourth-order valence-electron chi connectivity index (χ4n) is 1.83. The molecule has 0 aromatic carbocycles. The van der Waals surface area contributed by atoms with Crippen molar-refractivity contribution in [2.75, 3.05) is 27.7 Å². The highest BCUT2D eigenvalue weighted by Crippen LogP contribution is 2.11. The molecule has 5 N–H and O–H groups in total. The summed E-state index contributed by atoms with van der Waals surface area (Å²) in [4.78, 5) is 61.0. The van der Waals surface area contributed by atoms with Crippen LogP contribution >= 0.6 is 0 Å². The number of hydrogen-bond acceptors (Lipinski definition) is 5. The standard InChI is InChI=1S/C14H26N6O5/c1-8(2)6-9(11(22)17-14(25)20(5)13(16)24)19(4)10(21)7-18(3)12(15)23/h8-9H,6-7H2,1-5H3,(H2,15,23)(H2,16,24)(H,17,22,25)/t9-/m0/s1. The van der Waals surface area contributed by atoms with E-state index in [1.54, 1.807) is 0 Å². The van der Waals surface area contributed by atoms with E-state index in [-0.39, 0.29) is 18.9 Å². The Hall–Kier alpha value is -2.85. The van der Waals surface area contributed by atoms with Gasteiger partial charge in [-0.1, -0.05) is 13.8 Å². The Morgan fingerprint density at radius 3 is 1.88 bits per heavy atom. The molecule has 1 atom stereocenters. The number of urea groups is 3. The van der Waals surface area contributed by atoms with Crippen LogP contribution in [0.15, 0.2) is 0 Å². The Morgan fingerprint density at radius 1 is 0.960 bits per heavy atom. The zero-order valence-corrected chi connectivity index (χ0v) is 15.1. The molecular weight excluding hydrogens is 332 g/mol. The summed E-state index contributed by atoms with van der Waals surface area (Å²) in [6.45, 7) is 3.36. The number of carbonyl (C=O) groups is 5. The average Bonchev–Trinajstić information content (AvgIpc) is 2.50. The molecule has 0 saturated carbocycles. The van der Waals surface area contributed by atoms with Crippen molar-refractivity contribution in [2.45, 2.75) is 26.3 Å². The van der Waals surface area contributed by atoms with Crippen molar-refractivity contribution in [3.05, 3.63) is 0 Å². The third-order valence-electron chi connectivity index (χ3n) is 3.47. The molecule has 0 aliphatic rings. The van der Waals surface area contributed by atoms with Crippen LogP contribution in [0.1, 0.15) is 20.3 Å². The molecule has 0 heterocycles. The van der Waals surface area contributed by atoms with E-state index < -0.39 is 35.9 Å². The van der Waals surface area contributed by atoms with E-state index in [1.807, 2.05) is 19.2 Å². The SMILES string of the molecule is CC(C)C[C@@H](C(=O)NC(=O)N(C)C(N)=O)N(C)C(=O)CN(C)C(N)=O. The van der Waals surface area contributed by atoms with E-state index in [0.29, 0.717) is 4.90 Å². The van der Waals surface area contributed by atoms with Crippen molar-refractivity contribution >= 4 is 29.9 Å². The van der Waals surface area contributed by atoms with Crippen LogP contribution in [0.3, 0.4) is 0 Å². The van der Waals surface area contributed by atoms with Gasteiger partial charge in [-0.05, 0) is 12.3 Å². The molecule has 0 fully saturated rings. The third-order valence-corrected chi connectivity index (χ3v) is 3.47. The number of rotatable bonds is 6. The number of amides is 8. The van der Waals surface area contributed by atoms with Crippen molar-refractivity contribution in [2.24, 2.45) is 17.4 Å². The molecule has 0 saturated heterocycles. The smallest absolute Gasteiger partial charge is 0.331 e. The normalized spacial score (nSPS) is 11.4. The Kier molecular flexibility index (Phi) is 8.37. The fourth-order valence-corrected chi connectivity index (χ4v) is 1.83. The van der Waals surface area contributed by atoms with Crippen molar-refractivity contribution < 1.29 is 24.0 Å². The minimum atomic E-state index is -1.03. The highest BCUT2D eigenvalue weighted by Gasteiger charge is 2.30.